The Hall–Kier alpha value is -3.39. The summed E-state index contributed by atoms with van der Waals surface area (Å²) in [5.41, 5.74) is 3.41. The van der Waals surface area contributed by atoms with E-state index in [2.05, 4.69) is 15.6 Å². The van der Waals surface area contributed by atoms with Crippen LogP contribution in [-0.4, -0.2) is 41.0 Å². The van der Waals surface area contributed by atoms with Crippen LogP contribution in [0.3, 0.4) is 0 Å². The van der Waals surface area contributed by atoms with Crippen LogP contribution in [0.5, 0.6) is 0 Å². The summed E-state index contributed by atoms with van der Waals surface area (Å²) in [7, 11) is 1.49. The molecule has 0 saturated heterocycles. The predicted molar refractivity (Wildman–Crippen MR) is 105 cm³/mol. The van der Waals surface area contributed by atoms with Gasteiger partial charge >= 0.3 is 0 Å². The van der Waals surface area contributed by atoms with Gasteiger partial charge < -0.3 is 15.6 Å². The average Bonchev–Trinajstić information content (AvgIpc) is 3.12. The molecule has 8 nitrogen and oxygen atoms in total. The summed E-state index contributed by atoms with van der Waals surface area (Å²) in [4.78, 5) is 39.6. The largest absolute Gasteiger partial charge is 0.361 e. The van der Waals surface area contributed by atoms with Crippen molar-refractivity contribution in [2.45, 2.75) is 25.8 Å². The Kier molecular flexibility index (Phi) is 7.53. The van der Waals surface area contributed by atoms with Crippen molar-refractivity contribution in [2.75, 3.05) is 7.05 Å². The highest BCUT2D eigenvalue weighted by Gasteiger charge is 2.23. The summed E-state index contributed by atoms with van der Waals surface area (Å²) in [6, 6.07) is 6.84. The first-order valence-electron chi connectivity index (χ1n) is 8.83. The van der Waals surface area contributed by atoms with E-state index in [9.17, 15) is 14.4 Å². The van der Waals surface area contributed by atoms with Crippen LogP contribution < -0.4 is 16.1 Å². The van der Waals surface area contributed by atoms with Crippen LogP contribution in [0.2, 0.25) is 0 Å². The van der Waals surface area contributed by atoms with Gasteiger partial charge in [-0.3, -0.25) is 19.6 Å². The Bertz CT molecular complexity index is 914. The molecule has 148 valence electrons. The standard InChI is InChI=1S/C20H24N4O4/c1-3-4-7-13(11-18(25)24-28)19(26)23-17(20(27)21-2)10-14-12-22-16-9-6-5-8-15(14)16/h3-6,8-9,11-12,17,22,28H,7,10H2,1-2H3,(H,21,27)(H,23,26)(H,24,25)/b4-3+,13-11-/t17-/m0/s1. The number of fused-ring (bicyclic) bond motifs is 1. The van der Waals surface area contributed by atoms with Gasteiger partial charge in [0.25, 0.3) is 5.91 Å². The number of para-hydroxylation sites is 1. The maximum absolute atomic E-state index is 12.7. The fourth-order valence-corrected chi connectivity index (χ4v) is 2.81. The van der Waals surface area contributed by atoms with Crippen molar-refractivity contribution in [1.82, 2.24) is 21.1 Å². The topological polar surface area (TPSA) is 123 Å². The number of allylic oxidation sites excluding steroid dienone is 2. The van der Waals surface area contributed by atoms with Gasteiger partial charge in [-0.2, -0.15) is 0 Å². The molecule has 1 atom stereocenters. The molecule has 8 heteroatoms. The predicted octanol–water partition coefficient (Wildman–Crippen LogP) is 1.34. The molecule has 0 spiro atoms. The van der Waals surface area contributed by atoms with Crippen molar-refractivity contribution in [3.8, 4) is 0 Å². The van der Waals surface area contributed by atoms with E-state index in [1.807, 2.05) is 30.5 Å². The van der Waals surface area contributed by atoms with Gasteiger partial charge in [-0.1, -0.05) is 30.4 Å². The van der Waals surface area contributed by atoms with E-state index in [0.29, 0.717) is 0 Å². The molecule has 0 unspecified atom stereocenters. The van der Waals surface area contributed by atoms with E-state index >= 15 is 0 Å². The molecule has 5 N–H and O–H groups in total. The molecular weight excluding hydrogens is 360 g/mol. The third kappa shape index (κ3) is 5.31. The summed E-state index contributed by atoms with van der Waals surface area (Å²) < 4.78 is 0. The summed E-state index contributed by atoms with van der Waals surface area (Å²) in [5, 5.41) is 14.9. The molecular formula is C20H24N4O4. The first-order valence-corrected chi connectivity index (χ1v) is 8.83. The minimum absolute atomic E-state index is 0.123. The Morgan fingerprint density at radius 3 is 2.68 bits per heavy atom. The second kappa shape index (κ2) is 10.1. The molecule has 1 aromatic carbocycles. The monoisotopic (exact) mass is 384 g/mol. The zero-order chi connectivity index (χ0) is 20.5. The number of hydroxylamine groups is 1. The van der Waals surface area contributed by atoms with Crippen molar-refractivity contribution in [3.05, 3.63) is 59.8 Å². The SMILES string of the molecule is C/C=C/C/C(=C/C(=O)NO)C(=O)N[C@@H](Cc1c[nH]c2ccccc12)C(=O)NC. The number of nitrogens with one attached hydrogen (secondary N) is 4. The molecule has 1 heterocycles. The van der Waals surface area contributed by atoms with Crippen LogP contribution in [-0.2, 0) is 20.8 Å². The second-order valence-corrected chi connectivity index (χ2v) is 6.12. The maximum atomic E-state index is 12.7. The highest BCUT2D eigenvalue weighted by atomic mass is 16.5. The van der Waals surface area contributed by atoms with Gasteiger partial charge in [0.15, 0.2) is 0 Å². The third-order valence-corrected chi connectivity index (χ3v) is 4.25. The molecule has 0 saturated carbocycles. The van der Waals surface area contributed by atoms with Gasteiger partial charge in [-0.05, 0) is 25.0 Å². The van der Waals surface area contributed by atoms with Crippen molar-refractivity contribution in [1.29, 1.82) is 0 Å². The number of carbonyl (C=O) groups is 3. The van der Waals surface area contributed by atoms with E-state index < -0.39 is 17.9 Å². The number of hydrogen-bond donors (Lipinski definition) is 5. The minimum atomic E-state index is -0.831. The Morgan fingerprint density at radius 1 is 1.25 bits per heavy atom. The lowest BCUT2D eigenvalue weighted by Gasteiger charge is -2.18. The normalized spacial score (nSPS) is 12.8. The van der Waals surface area contributed by atoms with Crippen LogP contribution >= 0.6 is 0 Å². The van der Waals surface area contributed by atoms with Crippen LogP contribution in [0.15, 0.2) is 54.3 Å². The second-order valence-electron chi connectivity index (χ2n) is 6.12. The molecule has 2 aromatic rings. The molecule has 0 radical (unpaired) electrons. The molecule has 2 rings (SSSR count). The summed E-state index contributed by atoms with van der Waals surface area (Å²) in [6.45, 7) is 1.78. The summed E-state index contributed by atoms with van der Waals surface area (Å²) in [6.07, 6.45) is 6.71. The lowest BCUT2D eigenvalue weighted by Crippen LogP contribution is -2.47. The van der Waals surface area contributed by atoms with E-state index in [-0.39, 0.29) is 24.3 Å². The lowest BCUT2D eigenvalue weighted by atomic mass is 10.0. The minimum Gasteiger partial charge on any atom is -0.361 e. The fraction of sp³-hybridized carbons (Fsp3) is 0.250. The zero-order valence-electron chi connectivity index (χ0n) is 15.8. The third-order valence-electron chi connectivity index (χ3n) is 4.25. The molecule has 28 heavy (non-hydrogen) atoms. The number of likely N-dealkylation sites (N-methyl/N-ethyl adjacent to an activating group) is 1. The van der Waals surface area contributed by atoms with Gasteiger partial charge in [-0.25, -0.2) is 5.48 Å². The van der Waals surface area contributed by atoms with Gasteiger partial charge in [0, 0.05) is 42.2 Å². The highest BCUT2D eigenvalue weighted by Crippen LogP contribution is 2.19. The van der Waals surface area contributed by atoms with E-state index in [0.717, 1.165) is 22.5 Å². The summed E-state index contributed by atoms with van der Waals surface area (Å²) in [5.74, 6) is -1.73. The number of aromatic nitrogens is 1. The van der Waals surface area contributed by atoms with Crippen molar-refractivity contribution in [3.63, 3.8) is 0 Å². The average molecular weight is 384 g/mol. The van der Waals surface area contributed by atoms with E-state index in [1.165, 1.54) is 12.5 Å². The van der Waals surface area contributed by atoms with Crippen LogP contribution in [0.1, 0.15) is 18.9 Å². The van der Waals surface area contributed by atoms with Gasteiger partial charge in [-0.15, -0.1) is 0 Å². The number of carbonyl (C=O) groups excluding carboxylic acids is 3. The van der Waals surface area contributed by atoms with Crippen LogP contribution in [0, 0.1) is 0 Å². The number of amides is 3. The first-order chi connectivity index (χ1) is 13.5. The van der Waals surface area contributed by atoms with Gasteiger partial charge in [0.05, 0.1) is 0 Å². The Labute approximate surface area is 162 Å². The first kappa shape index (κ1) is 20.9. The Morgan fingerprint density at radius 2 is 2.00 bits per heavy atom. The molecule has 0 aliphatic heterocycles. The van der Waals surface area contributed by atoms with Gasteiger partial charge in [0.2, 0.25) is 11.8 Å². The van der Waals surface area contributed by atoms with Crippen LogP contribution in [0.25, 0.3) is 10.9 Å². The fourth-order valence-electron chi connectivity index (χ4n) is 2.81. The van der Waals surface area contributed by atoms with Crippen LogP contribution in [0.4, 0.5) is 0 Å². The lowest BCUT2D eigenvalue weighted by molar-refractivity contribution is -0.127. The van der Waals surface area contributed by atoms with E-state index in [1.54, 1.807) is 19.1 Å². The molecule has 3 amide bonds. The number of rotatable bonds is 8. The molecule has 1 aromatic heterocycles. The number of hydrogen-bond acceptors (Lipinski definition) is 4. The van der Waals surface area contributed by atoms with E-state index in [4.69, 9.17) is 5.21 Å². The number of H-pyrrole nitrogens is 1. The van der Waals surface area contributed by atoms with Gasteiger partial charge in [0.1, 0.15) is 6.04 Å². The molecule has 0 fully saturated rings. The smallest absolute Gasteiger partial charge is 0.267 e. The highest BCUT2D eigenvalue weighted by molar-refractivity contribution is 6.02. The maximum Gasteiger partial charge on any atom is 0.267 e. The zero-order valence-corrected chi connectivity index (χ0v) is 15.8. The quantitative estimate of drug-likeness (QED) is 0.204. The molecule has 0 aliphatic rings. The molecule has 0 bridgehead atoms. The van der Waals surface area contributed by atoms with Crippen molar-refractivity contribution < 1.29 is 19.6 Å². The number of aromatic amines is 1. The van der Waals surface area contributed by atoms with Crippen molar-refractivity contribution >= 4 is 28.6 Å². The molecule has 0 aliphatic carbocycles. The van der Waals surface area contributed by atoms with Crippen molar-refractivity contribution in [2.24, 2.45) is 0 Å². The number of benzene rings is 1. The summed E-state index contributed by atoms with van der Waals surface area (Å²) >= 11 is 0. The Balaban J connectivity index is 2.24.